The number of hydrogen-bond acceptors (Lipinski definition) is 3. The van der Waals surface area contributed by atoms with E-state index in [-0.39, 0.29) is 24.0 Å². The molecule has 1 aliphatic rings. The van der Waals surface area contributed by atoms with Gasteiger partial charge in [0.15, 0.2) is 5.96 Å². The van der Waals surface area contributed by atoms with Crippen LogP contribution in [0.3, 0.4) is 0 Å². The van der Waals surface area contributed by atoms with Crippen LogP contribution in [0, 0.1) is 5.92 Å². The van der Waals surface area contributed by atoms with Crippen molar-refractivity contribution in [3.63, 3.8) is 0 Å². The Morgan fingerprint density at radius 2 is 1.85 bits per heavy atom. The Balaban J connectivity index is 0.00000364. The van der Waals surface area contributed by atoms with Gasteiger partial charge in [0.1, 0.15) is 0 Å². The van der Waals surface area contributed by atoms with Crippen molar-refractivity contribution in [2.24, 2.45) is 10.9 Å². The maximum absolute atomic E-state index is 12.5. The highest BCUT2D eigenvalue weighted by atomic mass is 127. The number of nitrogens with one attached hydrogen (secondary N) is 2. The Morgan fingerprint density at radius 1 is 1.19 bits per heavy atom. The largest absolute Gasteiger partial charge is 0.356 e. The van der Waals surface area contributed by atoms with E-state index in [0.29, 0.717) is 17.4 Å². The lowest BCUT2D eigenvalue weighted by molar-refractivity contribution is 0.481. The van der Waals surface area contributed by atoms with Crippen molar-refractivity contribution in [3.8, 4) is 0 Å². The molecule has 27 heavy (non-hydrogen) atoms. The van der Waals surface area contributed by atoms with Crippen LogP contribution in [0.5, 0.6) is 0 Å². The summed E-state index contributed by atoms with van der Waals surface area (Å²) in [6, 6.07) is 7.07. The molecular formula is C19H33IN4O2S. The SMILES string of the molecule is CN=C(NCCCC1CCCC1)NCc1ccccc1S(=O)(=O)N(C)C.I. The summed E-state index contributed by atoms with van der Waals surface area (Å²) in [4.78, 5) is 4.56. The number of benzene rings is 1. The Kier molecular flexibility index (Phi) is 10.6. The van der Waals surface area contributed by atoms with E-state index in [9.17, 15) is 8.42 Å². The van der Waals surface area contributed by atoms with Crippen molar-refractivity contribution in [2.45, 2.75) is 50.0 Å². The summed E-state index contributed by atoms with van der Waals surface area (Å²) in [5, 5.41) is 6.55. The summed E-state index contributed by atoms with van der Waals surface area (Å²) in [5.74, 6) is 1.60. The zero-order valence-electron chi connectivity index (χ0n) is 16.6. The average Bonchev–Trinajstić information content (AvgIpc) is 3.14. The molecule has 0 aromatic heterocycles. The number of aliphatic imine (C=N–C) groups is 1. The molecule has 0 aliphatic heterocycles. The van der Waals surface area contributed by atoms with Gasteiger partial charge in [-0.1, -0.05) is 43.9 Å². The molecule has 0 spiro atoms. The molecule has 154 valence electrons. The monoisotopic (exact) mass is 508 g/mol. The number of rotatable bonds is 8. The molecule has 0 bridgehead atoms. The van der Waals surface area contributed by atoms with Gasteiger partial charge in [0.2, 0.25) is 10.0 Å². The first kappa shape index (κ1) is 24.2. The molecule has 0 amide bonds. The fraction of sp³-hybridized carbons (Fsp3) is 0.632. The molecule has 8 heteroatoms. The molecule has 0 radical (unpaired) electrons. The minimum absolute atomic E-state index is 0. The third-order valence-electron chi connectivity index (χ3n) is 4.96. The van der Waals surface area contributed by atoms with E-state index in [4.69, 9.17) is 0 Å². The van der Waals surface area contributed by atoms with Crippen molar-refractivity contribution in [1.29, 1.82) is 0 Å². The van der Waals surface area contributed by atoms with Crippen LogP contribution >= 0.6 is 24.0 Å². The highest BCUT2D eigenvalue weighted by Gasteiger charge is 2.20. The van der Waals surface area contributed by atoms with Crippen LogP contribution in [0.25, 0.3) is 0 Å². The Labute approximate surface area is 181 Å². The average molecular weight is 508 g/mol. The summed E-state index contributed by atoms with van der Waals surface area (Å²) in [7, 11) is 1.36. The van der Waals surface area contributed by atoms with Crippen LogP contribution in [-0.2, 0) is 16.6 Å². The quantitative estimate of drug-likeness (QED) is 0.245. The van der Waals surface area contributed by atoms with Gasteiger partial charge < -0.3 is 10.6 Å². The second-order valence-corrected chi connectivity index (χ2v) is 9.16. The van der Waals surface area contributed by atoms with Crippen LogP contribution in [0.4, 0.5) is 0 Å². The van der Waals surface area contributed by atoms with Crippen LogP contribution in [0.15, 0.2) is 34.2 Å². The smallest absolute Gasteiger partial charge is 0.242 e. The lowest BCUT2D eigenvalue weighted by atomic mass is 10.0. The van der Waals surface area contributed by atoms with Crippen molar-refractivity contribution in [3.05, 3.63) is 29.8 Å². The van der Waals surface area contributed by atoms with Crippen LogP contribution in [0.2, 0.25) is 0 Å². The summed E-state index contributed by atoms with van der Waals surface area (Å²) in [5.41, 5.74) is 0.732. The van der Waals surface area contributed by atoms with Gasteiger partial charge in [-0.3, -0.25) is 4.99 Å². The molecule has 0 heterocycles. The van der Waals surface area contributed by atoms with Crippen molar-refractivity contribution >= 4 is 40.0 Å². The van der Waals surface area contributed by atoms with E-state index >= 15 is 0 Å². The topological polar surface area (TPSA) is 73.8 Å². The lowest BCUT2D eigenvalue weighted by Crippen LogP contribution is -2.37. The third kappa shape index (κ3) is 7.23. The van der Waals surface area contributed by atoms with Gasteiger partial charge in [0, 0.05) is 34.2 Å². The maximum atomic E-state index is 12.5. The highest BCUT2D eigenvalue weighted by molar-refractivity contribution is 14.0. The second-order valence-electron chi connectivity index (χ2n) is 7.04. The molecule has 0 atom stereocenters. The van der Waals surface area contributed by atoms with Gasteiger partial charge in [-0.25, -0.2) is 12.7 Å². The Bertz CT molecular complexity index is 701. The minimum atomic E-state index is -3.46. The second kappa shape index (κ2) is 11.9. The number of hydrogen-bond donors (Lipinski definition) is 2. The molecule has 2 N–H and O–H groups in total. The van der Waals surface area contributed by atoms with E-state index in [1.54, 1.807) is 33.3 Å². The summed E-state index contributed by atoms with van der Waals surface area (Å²) in [6.07, 6.45) is 7.94. The Morgan fingerprint density at radius 3 is 2.48 bits per heavy atom. The summed E-state index contributed by atoms with van der Waals surface area (Å²) >= 11 is 0. The van der Waals surface area contributed by atoms with E-state index in [1.165, 1.54) is 36.4 Å². The molecule has 1 fully saturated rings. The number of halogens is 1. The maximum Gasteiger partial charge on any atom is 0.242 e. The first-order valence-electron chi connectivity index (χ1n) is 9.40. The summed E-state index contributed by atoms with van der Waals surface area (Å²) in [6.45, 7) is 1.29. The normalized spacial score (nSPS) is 15.6. The van der Waals surface area contributed by atoms with Gasteiger partial charge in [0.25, 0.3) is 0 Å². The third-order valence-corrected chi connectivity index (χ3v) is 6.87. The van der Waals surface area contributed by atoms with E-state index < -0.39 is 10.0 Å². The first-order valence-corrected chi connectivity index (χ1v) is 10.8. The predicted molar refractivity (Wildman–Crippen MR) is 122 cm³/mol. The molecule has 0 unspecified atom stereocenters. The van der Waals surface area contributed by atoms with Gasteiger partial charge in [-0.15, -0.1) is 24.0 Å². The lowest BCUT2D eigenvalue weighted by Gasteiger charge is -2.17. The number of sulfonamides is 1. The summed E-state index contributed by atoms with van der Waals surface area (Å²) < 4.78 is 26.2. The number of guanidine groups is 1. The molecule has 1 saturated carbocycles. The van der Waals surface area contributed by atoms with Crippen molar-refractivity contribution < 1.29 is 8.42 Å². The minimum Gasteiger partial charge on any atom is -0.356 e. The van der Waals surface area contributed by atoms with Crippen LogP contribution in [-0.4, -0.2) is 46.4 Å². The van der Waals surface area contributed by atoms with E-state index in [0.717, 1.165) is 24.4 Å². The zero-order chi connectivity index (χ0) is 19.0. The molecule has 1 aromatic rings. The zero-order valence-corrected chi connectivity index (χ0v) is 19.7. The molecule has 6 nitrogen and oxygen atoms in total. The Hall–Kier alpha value is -0.870. The molecule has 1 aromatic carbocycles. The van der Waals surface area contributed by atoms with Gasteiger partial charge in [0.05, 0.1) is 4.90 Å². The highest BCUT2D eigenvalue weighted by Crippen LogP contribution is 2.28. The van der Waals surface area contributed by atoms with Gasteiger partial charge >= 0.3 is 0 Å². The number of nitrogens with zero attached hydrogens (tertiary/aromatic N) is 2. The molecule has 1 aliphatic carbocycles. The molecule has 2 rings (SSSR count). The van der Waals surface area contributed by atoms with Gasteiger partial charge in [-0.2, -0.15) is 0 Å². The van der Waals surface area contributed by atoms with E-state index in [1.807, 2.05) is 12.1 Å². The predicted octanol–water partition coefficient (Wildman–Crippen LogP) is 3.19. The van der Waals surface area contributed by atoms with Crippen LogP contribution in [0.1, 0.15) is 44.1 Å². The fourth-order valence-electron chi connectivity index (χ4n) is 3.39. The van der Waals surface area contributed by atoms with Crippen LogP contribution < -0.4 is 10.6 Å². The van der Waals surface area contributed by atoms with Crippen molar-refractivity contribution in [2.75, 3.05) is 27.7 Å². The fourth-order valence-corrected chi connectivity index (χ4v) is 4.51. The molecular weight excluding hydrogens is 475 g/mol. The van der Waals surface area contributed by atoms with E-state index in [2.05, 4.69) is 15.6 Å². The van der Waals surface area contributed by atoms with Crippen molar-refractivity contribution in [1.82, 2.24) is 14.9 Å². The van der Waals surface area contributed by atoms with Gasteiger partial charge in [-0.05, 0) is 30.4 Å². The first-order chi connectivity index (χ1) is 12.4. The standard InChI is InChI=1S/C19H32N4O2S.HI/c1-20-19(21-14-8-11-16-9-4-5-10-16)22-15-17-12-6-7-13-18(17)26(24,25)23(2)3;/h6-7,12-13,16H,4-5,8-11,14-15H2,1-3H3,(H2,20,21,22);1H. The molecule has 0 saturated heterocycles.